The Labute approximate surface area is 142 Å². The number of carbonyl (C=O) groups is 1. The minimum atomic E-state index is -0.446. The van der Waals surface area contributed by atoms with Gasteiger partial charge < -0.3 is 10.1 Å². The van der Waals surface area contributed by atoms with Crippen molar-refractivity contribution in [2.24, 2.45) is 0 Å². The average Bonchev–Trinajstić information content (AvgIpc) is 2.58. The van der Waals surface area contributed by atoms with Gasteiger partial charge in [-0.25, -0.2) is 0 Å². The Kier molecular flexibility index (Phi) is 5.89. The van der Waals surface area contributed by atoms with Crippen LogP contribution in [0.4, 0.5) is 0 Å². The van der Waals surface area contributed by atoms with E-state index in [9.17, 15) is 10.1 Å². The lowest BCUT2D eigenvalue weighted by Gasteiger charge is -2.07. The number of halogens is 1. The summed E-state index contributed by atoms with van der Waals surface area (Å²) >= 11 is 3.36. The number of nitrogens with one attached hydrogen (secondary N) is 1. The first-order chi connectivity index (χ1) is 11.1. The van der Waals surface area contributed by atoms with Crippen LogP contribution >= 0.6 is 15.9 Å². The molecule has 0 fully saturated rings. The summed E-state index contributed by atoms with van der Waals surface area (Å²) in [7, 11) is 1.54. The number of aromatic nitrogens is 1. The van der Waals surface area contributed by atoms with Gasteiger partial charge in [-0.1, -0.05) is 22.0 Å². The van der Waals surface area contributed by atoms with Gasteiger partial charge in [0, 0.05) is 29.0 Å². The van der Waals surface area contributed by atoms with E-state index >= 15 is 0 Å². The number of rotatable bonds is 5. The lowest BCUT2D eigenvalue weighted by Crippen LogP contribution is -2.24. The molecule has 23 heavy (non-hydrogen) atoms. The van der Waals surface area contributed by atoms with Crippen LogP contribution in [-0.2, 0) is 11.3 Å². The monoisotopic (exact) mass is 371 g/mol. The molecule has 0 saturated heterocycles. The third kappa shape index (κ3) is 4.66. The number of methoxy groups -OCH3 is 1. The molecule has 0 aliphatic carbocycles. The number of pyridine rings is 1. The third-order valence-electron chi connectivity index (χ3n) is 3.03. The molecule has 1 amide bonds. The fraction of sp³-hybridized carbons (Fsp3) is 0.118. The van der Waals surface area contributed by atoms with Crippen LogP contribution < -0.4 is 10.1 Å². The summed E-state index contributed by atoms with van der Waals surface area (Å²) < 4.78 is 6.07. The number of amides is 1. The topological polar surface area (TPSA) is 75.0 Å². The third-order valence-corrected chi connectivity index (χ3v) is 3.53. The number of nitriles is 1. The van der Waals surface area contributed by atoms with E-state index in [0.717, 1.165) is 10.0 Å². The zero-order chi connectivity index (χ0) is 16.7. The molecule has 2 rings (SSSR count). The summed E-state index contributed by atoms with van der Waals surface area (Å²) in [6, 6.07) is 10.9. The second-order valence-electron chi connectivity index (χ2n) is 4.60. The van der Waals surface area contributed by atoms with Gasteiger partial charge in [0.05, 0.1) is 7.11 Å². The first-order valence-electron chi connectivity index (χ1n) is 6.76. The quantitative estimate of drug-likeness (QED) is 0.647. The van der Waals surface area contributed by atoms with Crippen molar-refractivity contribution in [1.82, 2.24) is 10.3 Å². The summed E-state index contributed by atoms with van der Waals surface area (Å²) in [6.45, 7) is 0.307. The Morgan fingerprint density at radius 1 is 1.48 bits per heavy atom. The van der Waals surface area contributed by atoms with E-state index in [1.54, 1.807) is 30.6 Å². The van der Waals surface area contributed by atoms with Crippen molar-refractivity contribution < 1.29 is 9.53 Å². The Morgan fingerprint density at radius 2 is 2.30 bits per heavy atom. The summed E-state index contributed by atoms with van der Waals surface area (Å²) in [5.41, 5.74) is 1.51. The van der Waals surface area contributed by atoms with E-state index in [2.05, 4.69) is 26.2 Å². The molecule has 0 spiro atoms. The molecule has 0 unspecified atom stereocenters. The summed E-state index contributed by atoms with van der Waals surface area (Å²) in [5, 5.41) is 11.9. The molecule has 2 aromatic rings. The maximum atomic E-state index is 12.2. The van der Waals surface area contributed by atoms with E-state index in [0.29, 0.717) is 17.9 Å². The van der Waals surface area contributed by atoms with Crippen LogP contribution in [0.3, 0.4) is 0 Å². The van der Waals surface area contributed by atoms with Crippen LogP contribution in [0.2, 0.25) is 0 Å². The van der Waals surface area contributed by atoms with Gasteiger partial charge in [0.2, 0.25) is 0 Å². The van der Waals surface area contributed by atoms with Gasteiger partial charge in [-0.2, -0.15) is 5.26 Å². The smallest absolute Gasteiger partial charge is 0.262 e. The van der Waals surface area contributed by atoms with Crippen molar-refractivity contribution in [2.45, 2.75) is 6.54 Å². The lowest BCUT2D eigenvalue weighted by molar-refractivity contribution is -0.117. The van der Waals surface area contributed by atoms with Crippen molar-refractivity contribution in [1.29, 1.82) is 5.26 Å². The predicted octanol–water partition coefficient (Wildman–Crippen LogP) is 3.08. The molecule has 1 aromatic heterocycles. The SMILES string of the molecule is COc1ccc(Br)cc1C=C(C#N)C(=O)NCc1cccnc1. The van der Waals surface area contributed by atoms with Gasteiger partial charge in [0.15, 0.2) is 0 Å². The zero-order valence-electron chi connectivity index (χ0n) is 12.4. The molecule has 0 saturated carbocycles. The van der Waals surface area contributed by atoms with Crippen molar-refractivity contribution in [3.05, 3.63) is 63.9 Å². The van der Waals surface area contributed by atoms with Crippen molar-refractivity contribution >= 4 is 27.9 Å². The van der Waals surface area contributed by atoms with Crippen LogP contribution in [0.1, 0.15) is 11.1 Å². The minimum absolute atomic E-state index is 0.00490. The average molecular weight is 372 g/mol. The van der Waals surface area contributed by atoms with E-state index in [4.69, 9.17) is 4.74 Å². The molecular weight excluding hydrogens is 358 g/mol. The van der Waals surface area contributed by atoms with Crippen LogP contribution in [0, 0.1) is 11.3 Å². The minimum Gasteiger partial charge on any atom is -0.496 e. The molecule has 6 heteroatoms. The zero-order valence-corrected chi connectivity index (χ0v) is 14.0. The van der Waals surface area contributed by atoms with Gasteiger partial charge in [-0.15, -0.1) is 0 Å². The first-order valence-corrected chi connectivity index (χ1v) is 7.55. The largest absolute Gasteiger partial charge is 0.496 e. The number of ether oxygens (including phenoxy) is 1. The molecule has 0 bridgehead atoms. The molecule has 1 N–H and O–H groups in total. The summed E-state index contributed by atoms with van der Waals surface area (Å²) in [4.78, 5) is 16.1. The fourth-order valence-corrected chi connectivity index (χ4v) is 2.28. The Balaban J connectivity index is 2.17. The second kappa shape index (κ2) is 8.11. The van der Waals surface area contributed by atoms with Crippen molar-refractivity contribution in [2.75, 3.05) is 7.11 Å². The molecule has 0 radical (unpaired) electrons. The Hall–Kier alpha value is -2.65. The highest BCUT2D eigenvalue weighted by molar-refractivity contribution is 9.10. The van der Waals surface area contributed by atoms with E-state index < -0.39 is 5.91 Å². The highest BCUT2D eigenvalue weighted by Crippen LogP contribution is 2.25. The van der Waals surface area contributed by atoms with Gasteiger partial charge >= 0.3 is 0 Å². The lowest BCUT2D eigenvalue weighted by atomic mass is 10.1. The summed E-state index contributed by atoms with van der Waals surface area (Å²) in [5.74, 6) is 0.138. The van der Waals surface area contributed by atoms with Crippen molar-refractivity contribution in [3.63, 3.8) is 0 Å². The number of nitrogens with zero attached hydrogens (tertiary/aromatic N) is 2. The molecule has 1 aromatic carbocycles. The van der Waals surface area contributed by atoms with E-state index in [1.165, 1.54) is 13.2 Å². The van der Waals surface area contributed by atoms with Gasteiger partial charge in [0.25, 0.3) is 5.91 Å². The predicted molar refractivity (Wildman–Crippen MR) is 90.4 cm³/mol. The highest BCUT2D eigenvalue weighted by Gasteiger charge is 2.11. The van der Waals surface area contributed by atoms with Crippen molar-refractivity contribution in [3.8, 4) is 11.8 Å². The number of hydrogen-bond donors (Lipinski definition) is 1. The molecule has 5 nitrogen and oxygen atoms in total. The molecule has 1 heterocycles. The van der Waals surface area contributed by atoms with E-state index in [1.807, 2.05) is 18.2 Å². The highest BCUT2D eigenvalue weighted by atomic mass is 79.9. The van der Waals surface area contributed by atoms with E-state index in [-0.39, 0.29) is 5.57 Å². The molecule has 116 valence electrons. The van der Waals surface area contributed by atoms with Gasteiger partial charge in [0.1, 0.15) is 17.4 Å². The fourth-order valence-electron chi connectivity index (χ4n) is 1.90. The number of carbonyl (C=O) groups excluding carboxylic acids is 1. The first kappa shape index (κ1) is 16.7. The normalized spacial score (nSPS) is 10.7. The van der Waals surface area contributed by atoms with Crippen LogP contribution in [0.25, 0.3) is 6.08 Å². The number of hydrogen-bond acceptors (Lipinski definition) is 4. The molecule has 0 aliphatic heterocycles. The Bertz CT molecular complexity index is 767. The molecule has 0 atom stereocenters. The standard InChI is InChI=1S/C17H14BrN3O2/c1-23-16-5-4-15(18)8-13(16)7-14(9-19)17(22)21-11-12-3-2-6-20-10-12/h2-8,10H,11H2,1H3,(H,21,22). The van der Waals surface area contributed by atoms with Crippen LogP contribution in [0.15, 0.2) is 52.8 Å². The summed E-state index contributed by atoms with van der Waals surface area (Å²) in [6.07, 6.45) is 4.82. The molecular formula is C17H14BrN3O2. The Morgan fingerprint density at radius 3 is 2.96 bits per heavy atom. The number of benzene rings is 1. The van der Waals surface area contributed by atoms with Gasteiger partial charge in [-0.3, -0.25) is 9.78 Å². The van der Waals surface area contributed by atoms with Crippen LogP contribution in [0.5, 0.6) is 5.75 Å². The van der Waals surface area contributed by atoms with Crippen LogP contribution in [-0.4, -0.2) is 18.0 Å². The molecule has 0 aliphatic rings. The van der Waals surface area contributed by atoms with Gasteiger partial charge in [-0.05, 0) is 35.9 Å². The maximum Gasteiger partial charge on any atom is 0.262 e. The maximum absolute atomic E-state index is 12.2. The second-order valence-corrected chi connectivity index (χ2v) is 5.52.